The molecule has 78 heavy (non-hydrogen) atoms. The van der Waals surface area contributed by atoms with Crippen LogP contribution in [-0.2, 0) is 16.2 Å². The summed E-state index contributed by atoms with van der Waals surface area (Å²) in [5, 5.41) is 0. The van der Waals surface area contributed by atoms with Gasteiger partial charge in [0.15, 0.2) is 0 Å². The van der Waals surface area contributed by atoms with Crippen molar-refractivity contribution in [2.24, 2.45) is 0 Å². The monoisotopic (exact) mass is 1010 g/mol. The highest BCUT2D eigenvalue weighted by Crippen LogP contribution is 2.68. The van der Waals surface area contributed by atoms with Crippen LogP contribution in [0.3, 0.4) is 0 Å². The Bertz CT molecular complexity index is 4350. The van der Waals surface area contributed by atoms with Gasteiger partial charge in [-0.3, -0.25) is 0 Å². The Kier molecular flexibility index (Phi) is 8.82. The van der Waals surface area contributed by atoms with Crippen LogP contribution in [0.15, 0.2) is 218 Å². The molecule has 4 heteroatoms. The number of thiophene rings is 1. The maximum Gasteiger partial charge on any atom is 0.264 e. The molecule has 10 aromatic carbocycles. The van der Waals surface area contributed by atoms with Crippen LogP contribution in [-0.4, -0.2) is 6.71 Å². The molecular weight excluding hydrogens is 960 g/mol. The van der Waals surface area contributed by atoms with Gasteiger partial charge in [-0.1, -0.05) is 211 Å². The van der Waals surface area contributed by atoms with E-state index in [2.05, 4.69) is 281 Å². The van der Waals surface area contributed by atoms with E-state index in [4.69, 9.17) is 0 Å². The van der Waals surface area contributed by atoms with E-state index in [0.29, 0.717) is 5.92 Å². The predicted octanol–water partition coefficient (Wildman–Crippen LogP) is 17.2. The van der Waals surface area contributed by atoms with Crippen LogP contribution in [0.1, 0.15) is 101 Å². The van der Waals surface area contributed by atoms with Crippen molar-refractivity contribution in [3.63, 3.8) is 0 Å². The van der Waals surface area contributed by atoms with E-state index in [1.165, 1.54) is 149 Å². The molecule has 2 spiro atoms. The molecule has 0 saturated carbocycles. The molecule has 3 heterocycles. The minimum absolute atomic E-state index is 0.00301. The van der Waals surface area contributed by atoms with E-state index in [1.807, 2.05) is 0 Å². The van der Waals surface area contributed by atoms with Crippen LogP contribution in [0.2, 0.25) is 0 Å². The Morgan fingerprint density at radius 1 is 0.436 bits per heavy atom. The Labute approximate surface area is 462 Å². The lowest BCUT2D eigenvalue weighted by atomic mass is 9.35. The second-order valence-corrected chi connectivity index (χ2v) is 25.2. The van der Waals surface area contributed by atoms with Gasteiger partial charge in [0.1, 0.15) is 0 Å². The number of aryl methyl sites for hydroxylation is 1. The first-order chi connectivity index (χ1) is 38.1. The van der Waals surface area contributed by atoms with Crippen molar-refractivity contribution in [1.29, 1.82) is 0 Å². The summed E-state index contributed by atoms with van der Waals surface area (Å²) in [6, 6.07) is 85.0. The first-order valence-electron chi connectivity index (χ1n) is 28.0. The number of nitrogens with zero attached hydrogens (tertiary/aromatic N) is 2. The number of anilines is 6. The molecule has 0 amide bonds. The van der Waals surface area contributed by atoms with E-state index in [0.717, 1.165) is 5.69 Å². The van der Waals surface area contributed by atoms with Crippen LogP contribution >= 0.6 is 11.3 Å². The summed E-state index contributed by atoms with van der Waals surface area (Å²) in [6.07, 6.45) is 0. The zero-order chi connectivity index (χ0) is 52.1. The zero-order valence-corrected chi connectivity index (χ0v) is 45.6. The van der Waals surface area contributed by atoms with E-state index >= 15 is 0 Å². The summed E-state index contributed by atoms with van der Waals surface area (Å²) in [5.74, 6) is 0.374. The molecule has 17 rings (SSSR count). The Hall–Kier alpha value is -8.44. The molecule has 0 radical (unpaired) electrons. The highest BCUT2D eigenvalue weighted by atomic mass is 32.1. The van der Waals surface area contributed by atoms with Gasteiger partial charge in [0.25, 0.3) is 6.71 Å². The standard InChI is InChI=1S/C74H55BN2S/c1-43(2)45-32-37-54-61(40-45)74(59-30-18-12-24-51(59)52-25-13-19-31-60(52)74)70-67(54)69-71(78-70)75-63-42-62-55(53-26-14-17-29-58(53)73(62)56-27-15-10-22-49(56)50-23-11-16-28-57(50)73)41-64(63)76(47-20-8-7-9-21-47)65-38-44(3)39-66(68(65)75)77(69)48-35-33-46(34-36-48)72(4,5)6/h7-43H,1-6H3. The lowest BCUT2D eigenvalue weighted by Crippen LogP contribution is -2.60. The summed E-state index contributed by atoms with van der Waals surface area (Å²) in [5.41, 5.74) is 33.4. The normalized spacial score (nSPS) is 15.3. The van der Waals surface area contributed by atoms with Gasteiger partial charge in [0.2, 0.25) is 0 Å². The third-order valence-corrected chi connectivity index (χ3v) is 20.2. The van der Waals surface area contributed by atoms with Gasteiger partial charge in [-0.25, -0.2) is 0 Å². The lowest BCUT2D eigenvalue weighted by Gasteiger charge is -2.44. The quantitative estimate of drug-likeness (QED) is 0.163. The van der Waals surface area contributed by atoms with Crippen LogP contribution in [0.5, 0.6) is 0 Å². The van der Waals surface area contributed by atoms with Crippen molar-refractivity contribution >= 4 is 67.9 Å². The average molecular weight is 1020 g/mol. The molecule has 4 aliphatic carbocycles. The number of benzene rings is 10. The van der Waals surface area contributed by atoms with Gasteiger partial charge in [-0.15, -0.1) is 11.3 Å². The van der Waals surface area contributed by atoms with Gasteiger partial charge >= 0.3 is 0 Å². The smallest absolute Gasteiger partial charge is 0.264 e. The van der Waals surface area contributed by atoms with Crippen LogP contribution < -0.4 is 25.5 Å². The van der Waals surface area contributed by atoms with Crippen molar-refractivity contribution in [2.45, 2.75) is 63.7 Å². The van der Waals surface area contributed by atoms with Gasteiger partial charge < -0.3 is 9.80 Å². The number of para-hydroxylation sites is 1. The molecule has 0 bridgehead atoms. The number of fused-ring (bicyclic) bond motifs is 25. The minimum Gasteiger partial charge on any atom is -0.311 e. The van der Waals surface area contributed by atoms with Gasteiger partial charge in [-0.2, -0.15) is 0 Å². The molecule has 0 N–H and O–H groups in total. The molecule has 2 aliphatic heterocycles. The van der Waals surface area contributed by atoms with Crippen LogP contribution in [0, 0.1) is 6.92 Å². The second kappa shape index (κ2) is 15.4. The third-order valence-electron chi connectivity index (χ3n) is 18.8. The summed E-state index contributed by atoms with van der Waals surface area (Å²) in [7, 11) is 0. The number of hydrogen-bond acceptors (Lipinski definition) is 3. The highest BCUT2D eigenvalue weighted by molar-refractivity contribution is 7.30. The average Bonchev–Trinajstić information content (AvgIpc) is 2.19. The van der Waals surface area contributed by atoms with Crippen molar-refractivity contribution in [3.8, 4) is 44.5 Å². The molecule has 1 aromatic heterocycles. The van der Waals surface area contributed by atoms with Gasteiger partial charge in [-0.05, 0) is 166 Å². The first-order valence-corrected chi connectivity index (χ1v) is 28.8. The zero-order valence-electron chi connectivity index (χ0n) is 44.7. The van der Waals surface area contributed by atoms with Crippen molar-refractivity contribution in [1.82, 2.24) is 0 Å². The van der Waals surface area contributed by atoms with Crippen LogP contribution in [0.25, 0.3) is 44.5 Å². The Morgan fingerprint density at radius 2 is 0.923 bits per heavy atom. The number of hydrogen-bond donors (Lipinski definition) is 0. The lowest BCUT2D eigenvalue weighted by molar-refractivity contribution is 0.590. The molecule has 0 fully saturated rings. The van der Waals surface area contributed by atoms with E-state index in [9.17, 15) is 0 Å². The Morgan fingerprint density at radius 3 is 1.47 bits per heavy atom. The fourth-order valence-corrected chi connectivity index (χ4v) is 17.3. The second-order valence-electron chi connectivity index (χ2n) is 24.1. The largest absolute Gasteiger partial charge is 0.311 e. The summed E-state index contributed by atoms with van der Waals surface area (Å²) in [4.78, 5) is 6.75. The van der Waals surface area contributed by atoms with Crippen molar-refractivity contribution in [2.75, 3.05) is 9.80 Å². The van der Waals surface area contributed by atoms with Gasteiger partial charge in [0.05, 0.1) is 16.5 Å². The maximum absolute atomic E-state index is 2.71. The summed E-state index contributed by atoms with van der Waals surface area (Å²) >= 11 is 2.09. The molecule has 370 valence electrons. The van der Waals surface area contributed by atoms with Crippen LogP contribution in [0.4, 0.5) is 34.1 Å². The van der Waals surface area contributed by atoms with E-state index < -0.39 is 10.8 Å². The molecule has 0 saturated heterocycles. The predicted molar refractivity (Wildman–Crippen MR) is 328 cm³/mol. The molecule has 6 aliphatic rings. The van der Waals surface area contributed by atoms with E-state index in [1.54, 1.807) is 0 Å². The first kappa shape index (κ1) is 44.7. The Balaban J connectivity index is 1.04. The fraction of sp³-hybridized carbons (Fsp3) is 0.135. The van der Waals surface area contributed by atoms with E-state index in [-0.39, 0.29) is 12.1 Å². The van der Waals surface area contributed by atoms with Crippen molar-refractivity contribution in [3.05, 3.63) is 279 Å². The topological polar surface area (TPSA) is 6.48 Å². The molecule has 11 aromatic rings. The fourth-order valence-electron chi connectivity index (χ4n) is 15.6. The van der Waals surface area contributed by atoms with Crippen molar-refractivity contribution < 1.29 is 0 Å². The summed E-state index contributed by atoms with van der Waals surface area (Å²) < 4.78 is 1.41. The minimum atomic E-state index is -0.508. The highest BCUT2D eigenvalue weighted by Gasteiger charge is 2.58. The maximum atomic E-state index is 2.71. The molecule has 0 atom stereocenters. The van der Waals surface area contributed by atoms with Gasteiger partial charge in [0, 0.05) is 43.7 Å². The third kappa shape index (κ3) is 5.39. The SMILES string of the molecule is Cc1cc2c3c(c1)N(c1ccc(C(C)(C)C)cc1)c1c(sc4c1-c1ccc(C(C)C)cc1C41c4ccccc4-c4ccccc41)B3c1cc3c(cc1N2c1ccccc1)-c1ccccc1C31c2ccccc2-c2ccccc21. The summed E-state index contributed by atoms with van der Waals surface area (Å²) in [6.45, 7) is 13.9. The number of rotatable bonds is 3. The molecule has 2 nitrogen and oxygen atoms in total. The molecular formula is C74H55BN2S. The molecule has 0 unspecified atom stereocenters.